The van der Waals surface area contributed by atoms with Crippen molar-refractivity contribution in [1.29, 1.82) is 0 Å². The Morgan fingerprint density at radius 1 is 0.944 bits per heavy atom. The highest BCUT2D eigenvalue weighted by Gasteiger charge is 2.35. The van der Waals surface area contributed by atoms with Crippen molar-refractivity contribution < 1.29 is 14.4 Å². The number of amides is 3. The summed E-state index contributed by atoms with van der Waals surface area (Å²) in [5, 5.41) is 5.83. The van der Waals surface area contributed by atoms with E-state index in [-0.39, 0.29) is 24.1 Å². The molecule has 2 N–H and O–H groups in total. The van der Waals surface area contributed by atoms with Crippen molar-refractivity contribution in [3.8, 4) is 0 Å². The average molecular weight is 492 g/mol. The summed E-state index contributed by atoms with van der Waals surface area (Å²) in [6, 6.07) is 14.9. The number of nitrogens with zero attached hydrogens (tertiary/aromatic N) is 3. The molecule has 36 heavy (non-hydrogen) atoms. The van der Waals surface area contributed by atoms with Crippen LogP contribution in [0.5, 0.6) is 0 Å². The highest BCUT2D eigenvalue weighted by molar-refractivity contribution is 6.03. The summed E-state index contributed by atoms with van der Waals surface area (Å²) >= 11 is 0. The molecule has 0 saturated carbocycles. The first-order valence-electron chi connectivity index (χ1n) is 13.0. The van der Waals surface area contributed by atoms with Gasteiger partial charge in [0.1, 0.15) is 0 Å². The molecule has 2 aliphatic heterocycles. The van der Waals surface area contributed by atoms with Crippen molar-refractivity contribution in [3.63, 3.8) is 0 Å². The van der Waals surface area contributed by atoms with E-state index in [0.717, 1.165) is 38.4 Å². The van der Waals surface area contributed by atoms with E-state index in [1.165, 1.54) is 18.5 Å². The van der Waals surface area contributed by atoms with Crippen LogP contribution in [0.4, 0.5) is 17.1 Å². The summed E-state index contributed by atoms with van der Waals surface area (Å²) < 4.78 is 0. The van der Waals surface area contributed by atoms with E-state index in [9.17, 15) is 14.4 Å². The molecule has 8 nitrogen and oxygen atoms in total. The summed E-state index contributed by atoms with van der Waals surface area (Å²) in [5.41, 5.74) is 3.17. The molecule has 0 aromatic heterocycles. The Labute approximate surface area is 213 Å². The second-order valence-electron chi connectivity index (χ2n) is 9.47. The predicted octanol–water partition coefficient (Wildman–Crippen LogP) is 3.35. The van der Waals surface area contributed by atoms with E-state index in [1.54, 1.807) is 29.2 Å². The number of benzene rings is 2. The van der Waals surface area contributed by atoms with Gasteiger partial charge in [-0.25, -0.2) is 0 Å². The monoisotopic (exact) mass is 491 g/mol. The number of carbonyl (C=O) groups is 3. The van der Waals surface area contributed by atoms with E-state index < -0.39 is 5.92 Å². The van der Waals surface area contributed by atoms with Gasteiger partial charge in [-0.2, -0.15) is 0 Å². The standard InChI is InChI=1S/C28H37N5O3/c1-3-31(4-2)18-15-29-27(35)21-7-9-23(10-8-21)30-28(36)22-19-26(34)33(20-22)25-13-11-24(12-14-25)32-16-5-6-17-32/h7-14,22H,3-6,15-20H2,1-2H3,(H,29,35)(H,30,36). The number of anilines is 3. The van der Waals surface area contributed by atoms with Crippen molar-refractivity contribution in [2.75, 3.05) is 60.9 Å². The molecule has 192 valence electrons. The van der Waals surface area contributed by atoms with Crippen molar-refractivity contribution in [2.24, 2.45) is 5.92 Å². The molecule has 2 fully saturated rings. The van der Waals surface area contributed by atoms with Crippen molar-refractivity contribution in [2.45, 2.75) is 33.1 Å². The van der Waals surface area contributed by atoms with Gasteiger partial charge in [0.25, 0.3) is 5.91 Å². The molecule has 0 bridgehead atoms. The van der Waals surface area contributed by atoms with Crippen molar-refractivity contribution in [3.05, 3.63) is 54.1 Å². The first-order valence-corrected chi connectivity index (χ1v) is 13.0. The second kappa shape index (κ2) is 12.0. The Morgan fingerprint density at radius 2 is 1.58 bits per heavy atom. The van der Waals surface area contributed by atoms with Gasteiger partial charge in [-0.3, -0.25) is 14.4 Å². The smallest absolute Gasteiger partial charge is 0.251 e. The summed E-state index contributed by atoms with van der Waals surface area (Å²) in [6.45, 7) is 10.0. The van der Waals surface area contributed by atoms with Gasteiger partial charge in [0.2, 0.25) is 11.8 Å². The number of hydrogen-bond donors (Lipinski definition) is 2. The van der Waals surface area contributed by atoms with E-state index >= 15 is 0 Å². The van der Waals surface area contributed by atoms with Gasteiger partial charge in [0.05, 0.1) is 5.92 Å². The minimum atomic E-state index is -0.418. The maximum Gasteiger partial charge on any atom is 0.251 e. The third kappa shape index (κ3) is 6.23. The Balaban J connectivity index is 1.28. The zero-order valence-corrected chi connectivity index (χ0v) is 21.3. The molecule has 2 aliphatic rings. The molecule has 0 spiro atoms. The summed E-state index contributed by atoms with van der Waals surface area (Å²) in [7, 11) is 0. The fourth-order valence-corrected chi connectivity index (χ4v) is 4.87. The number of carbonyl (C=O) groups excluding carboxylic acids is 3. The predicted molar refractivity (Wildman–Crippen MR) is 144 cm³/mol. The average Bonchev–Trinajstić information content (AvgIpc) is 3.57. The highest BCUT2D eigenvalue weighted by atomic mass is 16.2. The van der Waals surface area contributed by atoms with Crippen molar-refractivity contribution in [1.82, 2.24) is 10.2 Å². The Kier molecular flexibility index (Phi) is 8.59. The van der Waals surface area contributed by atoms with Gasteiger partial charge in [-0.1, -0.05) is 13.8 Å². The van der Waals surface area contributed by atoms with Gasteiger partial charge in [-0.15, -0.1) is 0 Å². The minimum absolute atomic E-state index is 0.0409. The van der Waals surface area contributed by atoms with Crippen LogP contribution in [0.2, 0.25) is 0 Å². The second-order valence-corrected chi connectivity index (χ2v) is 9.47. The molecule has 2 aromatic rings. The van der Waals surface area contributed by atoms with Crippen LogP contribution >= 0.6 is 0 Å². The minimum Gasteiger partial charge on any atom is -0.372 e. The zero-order chi connectivity index (χ0) is 25.5. The molecule has 2 heterocycles. The molecule has 1 atom stereocenters. The largest absolute Gasteiger partial charge is 0.372 e. The molecule has 4 rings (SSSR count). The van der Waals surface area contributed by atoms with Crippen LogP contribution < -0.4 is 20.4 Å². The first-order chi connectivity index (χ1) is 17.5. The fourth-order valence-electron chi connectivity index (χ4n) is 4.87. The topological polar surface area (TPSA) is 85.0 Å². The fraction of sp³-hybridized carbons (Fsp3) is 0.464. The molecule has 3 amide bonds. The lowest BCUT2D eigenvalue weighted by Crippen LogP contribution is -2.34. The zero-order valence-electron chi connectivity index (χ0n) is 21.3. The van der Waals surface area contributed by atoms with Gasteiger partial charge in [0.15, 0.2) is 0 Å². The molecule has 1 unspecified atom stereocenters. The SMILES string of the molecule is CCN(CC)CCNC(=O)c1ccc(NC(=O)C2CC(=O)N(c3ccc(N4CCCC4)cc3)C2)cc1. The third-order valence-electron chi connectivity index (χ3n) is 7.15. The quantitative estimate of drug-likeness (QED) is 0.533. The van der Waals surface area contributed by atoms with Crippen LogP contribution in [0.15, 0.2) is 48.5 Å². The van der Waals surface area contributed by atoms with Crippen LogP contribution in [-0.2, 0) is 9.59 Å². The molecule has 8 heteroatoms. The molecule has 0 radical (unpaired) electrons. The Hall–Kier alpha value is -3.39. The normalized spacial score (nSPS) is 17.6. The van der Waals surface area contributed by atoms with Crippen LogP contribution in [0.1, 0.15) is 43.5 Å². The molecule has 2 aromatic carbocycles. The summed E-state index contributed by atoms with van der Waals surface area (Å²) in [4.78, 5) is 44.2. The van der Waals surface area contributed by atoms with Gasteiger partial charge in [0, 0.05) is 61.8 Å². The molecular weight excluding hydrogens is 454 g/mol. The van der Waals surface area contributed by atoms with Crippen molar-refractivity contribution >= 4 is 34.8 Å². The van der Waals surface area contributed by atoms with Crippen LogP contribution in [0.25, 0.3) is 0 Å². The van der Waals surface area contributed by atoms with Crippen LogP contribution in [-0.4, -0.2) is 68.4 Å². The Morgan fingerprint density at radius 3 is 2.22 bits per heavy atom. The van der Waals surface area contributed by atoms with E-state index in [2.05, 4.69) is 46.4 Å². The third-order valence-corrected chi connectivity index (χ3v) is 7.15. The lowest BCUT2D eigenvalue weighted by molar-refractivity contribution is -0.122. The van der Waals surface area contributed by atoms with E-state index in [0.29, 0.717) is 24.3 Å². The Bertz CT molecular complexity index is 1040. The number of hydrogen-bond acceptors (Lipinski definition) is 5. The maximum absolute atomic E-state index is 12.9. The summed E-state index contributed by atoms with van der Waals surface area (Å²) in [5.74, 6) is -0.775. The van der Waals surface area contributed by atoms with Gasteiger partial charge < -0.3 is 25.3 Å². The summed E-state index contributed by atoms with van der Waals surface area (Å²) in [6.07, 6.45) is 2.62. The number of rotatable bonds is 10. The van der Waals surface area contributed by atoms with E-state index in [1.807, 2.05) is 12.1 Å². The number of likely N-dealkylation sites (N-methyl/N-ethyl adjacent to an activating group) is 1. The van der Waals surface area contributed by atoms with Gasteiger partial charge >= 0.3 is 0 Å². The maximum atomic E-state index is 12.9. The highest BCUT2D eigenvalue weighted by Crippen LogP contribution is 2.29. The van der Waals surface area contributed by atoms with Gasteiger partial charge in [-0.05, 0) is 74.5 Å². The lowest BCUT2D eigenvalue weighted by Gasteiger charge is -2.20. The molecule has 0 aliphatic carbocycles. The molecular formula is C28H37N5O3. The number of nitrogens with one attached hydrogen (secondary N) is 2. The first kappa shape index (κ1) is 25.7. The van der Waals surface area contributed by atoms with E-state index in [4.69, 9.17) is 0 Å². The van der Waals surface area contributed by atoms with Crippen LogP contribution in [0, 0.1) is 5.92 Å². The molecule has 2 saturated heterocycles. The van der Waals surface area contributed by atoms with Crippen LogP contribution in [0.3, 0.4) is 0 Å². The lowest BCUT2D eigenvalue weighted by atomic mass is 10.1.